The summed E-state index contributed by atoms with van der Waals surface area (Å²) >= 11 is 0. The van der Waals surface area contributed by atoms with Gasteiger partial charge in [0.2, 0.25) is 12.3 Å². The maximum absolute atomic E-state index is 11.9. The monoisotopic (exact) mass is 287 g/mol. The number of rotatable bonds is 13. The number of amides is 1. The second-order valence-electron chi connectivity index (χ2n) is 4.93. The van der Waals surface area contributed by atoms with Crippen LogP contribution in [-0.4, -0.2) is 30.3 Å². The van der Waals surface area contributed by atoms with Gasteiger partial charge < -0.3 is 4.90 Å². The molecule has 0 saturated carbocycles. The molecule has 0 radical (unpaired) electrons. The molecule has 0 aromatic heterocycles. The van der Waals surface area contributed by atoms with Gasteiger partial charge in [-0.25, -0.2) is 8.78 Å². The van der Waals surface area contributed by atoms with E-state index in [0.717, 1.165) is 32.1 Å². The number of nitrogens with zero attached hydrogens (tertiary/aromatic N) is 1. The van der Waals surface area contributed by atoms with Gasteiger partial charge in [0.05, 0.1) is 0 Å². The van der Waals surface area contributed by atoms with Gasteiger partial charge in [0.15, 0.2) is 0 Å². The van der Waals surface area contributed by atoms with Crippen LogP contribution in [0, 0.1) is 0 Å². The summed E-state index contributed by atoms with van der Waals surface area (Å²) in [4.78, 5) is 13.6. The summed E-state index contributed by atoms with van der Waals surface area (Å²) in [6, 6.07) is 0. The zero-order valence-corrected chi connectivity index (χ0v) is 12.3. The van der Waals surface area contributed by atoms with E-state index in [1.165, 1.54) is 0 Å². The first kappa shape index (κ1) is 18.8. The highest BCUT2D eigenvalue weighted by Gasteiger charge is 2.09. The average molecular weight is 287 g/mol. The molecule has 0 saturated heterocycles. The molecule has 0 aromatic carbocycles. The van der Waals surface area contributed by atoms with E-state index in [1.807, 2.05) is 0 Å². The Kier molecular flexibility index (Phi) is 12.1. The number of carbonyl (C=O) groups excluding carboxylic acids is 1. The van der Waals surface area contributed by atoms with Crippen LogP contribution in [0.4, 0.5) is 8.78 Å². The van der Waals surface area contributed by atoms with Crippen LogP contribution in [0.15, 0.2) is 25.3 Å². The molecule has 0 N–H and O–H groups in total. The summed E-state index contributed by atoms with van der Waals surface area (Å²) in [5.74, 6) is 0.127. The number of halogens is 2. The molecule has 0 aliphatic rings. The highest BCUT2D eigenvalue weighted by Crippen LogP contribution is 2.12. The van der Waals surface area contributed by atoms with Crippen molar-refractivity contribution < 1.29 is 13.6 Å². The third kappa shape index (κ3) is 10.7. The van der Waals surface area contributed by atoms with Gasteiger partial charge >= 0.3 is 0 Å². The Morgan fingerprint density at radius 3 is 1.95 bits per heavy atom. The van der Waals surface area contributed by atoms with Crippen LogP contribution in [-0.2, 0) is 4.79 Å². The number of carbonyl (C=O) groups is 1. The summed E-state index contributed by atoms with van der Waals surface area (Å²) < 4.78 is 23.8. The Balaban J connectivity index is 3.55. The molecule has 1 amide bonds. The van der Waals surface area contributed by atoms with Crippen molar-refractivity contribution in [2.24, 2.45) is 0 Å². The van der Waals surface area contributed by atoms with Crippen molar-refractivity contribution in [3.63, 3.8) is 0 Å². The van der Waals surface area contributed by atoms with Crippen LogP contribution in [0.2, 0.25) is 0 Å². The highest BCUT2D eigenvalue weighted by molar-refractivity contribution is 5.76. The molecule has 0 spiro atoms. The largest absolute Gasteiger partial charge is 0.335 e. The number of hydrogen-bond donors (Lipinski definition) is 0. The molecule has 0 aliphatic carbocycles. The summed E-state index contributed by atoms with van der Waals surface area (Å²) in [5, 5.41) is 0. The smallest absolute Gasteiger partial charge is 0.238 e. The Hall–Kier alpha value is -1.19. The normalized spacial score (nSPS) is 10.6. The zero-order chi connectivity index (χ0) is 15.2. The van der Waals surface area contributed by atoms with E-state index in [4.69, 9.17) is 0 Å². The summed E-state index contributed by atoms with van der Waals surface area (Å²) in [6.45, 7) is 8.38. The minimum atomic E-state index is -2.17. The van der Waals surface area contributed by atoms with E-state index < -0.39 is 6.43 Å². The summed E-state index contributed by atoms with van der Waals surface area (Å²) in [7, 11) is 0. The van der Waals surface area contributed by atoms with E-state index in [-0.39, 0.29) is 12.3 Å². The lowest BCUT2D eigenvalue weighted by Crippen LogP contribution is -2.30. The van der Waals surface area contributed by atoms with Crippen LogP contribution in [0.1, 0.15) is 51.4 Å². The lowest BCUT2D eigenvalue weighted by atomic mass is 10.1. The lowest BCUT2D eigenvalue weighted by molar-refractivity contribution is -0.130. The van der Waals surface area contributed by atoms with Crippen molar-refractivity contribution in [3.8, 4) is 0 Å². The zero-order valence-electron chi connectivity index (χ0n) is 12.3. The standard InChI is InChI=1S/C16H27F2NO/c1-3-13-19(14-4-2)16(20)12-10-8-6-5-7-9-11-15(17)18/h3-4,15H,1-2,5-14H2. The van der Waals surface area contributed by atoms with Gasteiger partial charge in [-0.1, -0.05) is 37.8 Å². The number of hydrogen-bond acceptors (Lipinski definition) is 1. The Morgan fingerprint density at radius 1 is 0.950 bits per heavy atom. The summed E-state index contributed by atoms with van der Waals surface area (Å²) in [6.07, 6.45) is 7.09. The van der Waals surface area contributed by atoms with Crippen LogP contribution in [0.25, 0.3) is 0 Å². The molecule has 4 heteroatoms. The van der Waals surface area contributed by atoms with E-state index in [2.05, 4.69) is 13.2 Å². The Labute approximate surface area is 121 Å². The molecule has 0 aromatic rings. The first-order chi connectivity index (χ1) is 9.61. The third-order valence-electron chi connectivity index (χ3n) is 3.11. The van der Waals surface area contributed by atoms with Crippen LogP contribution < -0.4 is 0 Å². The Morgan fingerprint density at radius 2 is 1.45 bits per heavy atom. The van der Waals surface area contributed by atoms with Gasteiger partial charge in [-0.3, -0.25) is 4.79 Å². The number of alkyl halides is 2. The van der Waals surface area contributed by atoms with Gasteiger partial charge in [0.25, 0.3) is 0 Å². The van der Waals surface area contributed by atoms with Gasteiger partial charge in [-0.05, 0) is 12.8 Å². The molecule has 0 rings (SSSR count). The minimum absolute atomic E-state index is 0.0105. The maximum Gasteiger partial charge on any atom is 0.238 e. The molecular weight excluding hydrogens is 260 g/mol. The molecule has 0 atom stereocenters. The first-order valence-corrected chi connectivity index (χ1v) is 7.39. The highest BCUT2D eigenvalue weighted by atomic mass is 19.3. The maximum atomic E-state index is 11.9. The predicted octanol–water partition coefficient (Wildman–Crippen LogP) is 4.57. The van der Waals surface area contributed by atoms with Crippen LogP contribution in [0.5, 0.6) is 0 Å². The van der Waals surface area contributed by atoms with Gasteiger partial charge in [0.1, 0.15) is 0 Å². The average Bonchev–Trinajstić information content (AvgIpc) is 2.41. The van der Waals surface area contributed by atoms with Crippen molar-refractivity contribution >= 4 is 5.91 Å². The minimum Gasteiger partial charge on any atom is -0.335 e. The van der Waals surface area contributed by atoms with Crippen molar-refractivity contribution in [1.82, 2.24) is 4.90 Å². The molecule has 0 heterocycles. The quantitative estimate of drug-likeness (QED) is 0.359. The lowest BCUT2D eigenvalue weighted by Gasteiger charge is -2.19. The number of unbranched alkanes of at least 4 members (excludes halogenated alkanes) is 5. The van der Waals surface area contributed by atoms with Crippen LogP contribution >= 0.6 is 0 Å². The third-order valence-corrected chi connectivity index (χ3v) is 3.11. The molecule has 0 aliphatic heterocycles. The van der Waals surface area contributed by atoms with Crippen LogP contribution in [0.3, 0.4) is 0 Å². The molecular formula is C16H27F2NO. The van der Waals surface area contributed by atoms with E-state index in [9.17, 15) is 13.6 Å². The predicted molar refractivity (Wildman–Crippen MR) is 79.9 cm³/mol. The van der Waals surface area contributed by atoms with Crippen molar-refractivity contribution in [1.29, 1.82) is 0 Å². The van der Waals surface area contributed by atoms with E-state index in [1.54, 1.807) is 17.1 Å². The second-order valence-corrected chi connectivity index (χ2v) is 4.93. The molecule has 2 nitrogen and oxygen atoms in total. The fourth-order valence-electron chi connectivity index (χ4n) is 2.03. The summed E-state index contributed by atoms with van der Waals surface area (Å²) in [5.41, 5.74) is 0. The van der Waals surface area contributed by atoms with Crippen molar-refractivity contribution in [2.75, 3.05) is 13.1 Å². The molecule has 0 bridgehead atoms. The second kappa shape index (κ2) is 12.8. The fourth-order valence-corrected chi connectivity index (χ4v) is 2.03. The fraction of sp³-hybridized carbons (Fsp3) is 0.688. The van der Waals surface area contributed by atoms with E-state index in [0.29, 0.717) is 25.9 Å². The van der Waals surface area contributed by atoms with Gasteiger partial charge in [-0.2, -0.15) is 0 Å². The molecule has 20 heavy (non-hydrogen) atoms. The first-order valence-electron chi connectivity index (χ1n) is 7.39. The molecule has 0 unspecified atom stereocenters. The van der Waals surface area contributed by atoms with Gasteiger partial charge in [-0.15, -0.1) is 13.2 Å². The molecule has 0 fully saturated rings. The molecule has 116 valence electrons. The van der Waals surface area contributed by atoms with Crippen molar-refractivity contribution in [3.05, 3.63) is 25.3 Å². The van der Waals surface area contributed by atoms with Gasteiger partial charge in [0, 0.05) is 25.9 Å². The van der Waals surface area contributed by atoms with Crippen molar-refractivity contribution in [2.45, 2.75) is 57.8 Å². The van der Waals surface area contributed by atoms with E-state index >= 15 is 0 Å². The SMILES string of the molecule is C=CCN(CC=C)C(=O)CCCCCCCCC(F)F. The topological polar surface area (TPSA) is 20.3 Å². The Bertz CT molecular complexity index is 270.